The van der Waals surface area contributed by atoms with Gasteiger partial charge in [0.05, 0.1) is 15.7 Å². The molecule has 1 fully saturated rings. The van der Waals surface area contributed by atoms with Crippen molar-refractivity contribution in [2.45, 2.75) is 19.3 Å². The molecule has 0 atom stereocenters. The number of allylic oxidation sites excluding steroid dienone is 1. The SMILES string of the molecule is CN1CCCCC1.O=C/C=C/C(=O)NC(=S)Nc1c(Cl)cccc1Cl. The summed E-state index contributed by atoms with van der Waals surface area (Å²) >= 11 is 16.7. The van der Waals surface area contributed by atoms with Gasteiger partial charge in [-0.1, -0.05) is 35.7 Å². The summed E-state index contributed by atoms with van der Waals surface area (Å²) in [7, 11) is 2.19. The van der Waals surface area contributed by atoms with E-state index in [9.17, 15) is 9.59 Å². The Hall–Kier alpha value is -1.47. The molecule has 0 unspecified atom stereocenters. The second-order valence-electron chi connectivity index (χ2n) is 5.40. The highest BCUT2D eigenvalue weighted by Crippen LogP contribution is 2.29. The number of nitrogens with zero attached hydrogens (tertiary/aromatic N) is 1. The number of likely N-dealkylation sites (tertiary alicyclic amines) is 1. The van der Waals surface area contributed by atoms with E-state index >= 15 is 0 Å². The van der Waals surface area contributed by atoms with Gasteiger partial charge in [0.1, 0.15) is 6.29 Å². The Morgan fingerprint density at radius 3 is 2.28 bits per heavy atom. The fourth-order valence-electron chi connectivity index (χ4n) is 2.09. The van der Waals surface area contributed by atoms with Crippen LogP contribution in [0.2, 0.25) is 10.0 Å². The molecule has 136 valence electrons. The van der Waals surface area contributed by atoms with Crippen LogP contribution in [0, 0.1) is 0 Å². The molecule has 0 aromatic heterocycles. The van der Waals surface area contributed by atoms with Crippen molar-refractivity contribution >= 4 is 58.4 Å². The van der Waals surface area contributed by atoms with Gasteiger partial charge >= 0.3 is 0 Å². The number of halogens is 2. The van der Waals surface area contributed by atoms with E-state index in [0.717, 1.165) is 12.2 Å². The fraction of sp³-hybridized carbons (Fsp3) is 0.353. The minimum absolute atomic E-state index is 0.0329. The van der Waals surface area contributed by atoms with Gasteiger partial charge in [-0.3, -0.25) is 14.9 Å². The Morgan fingerprint density at radius 2 is 1.80 bits per heavy atom. The third kappa shape index (κ3) is 8.97. The Bertz CT molecular complexity index is 612. The van der Waals surface area contributed by atoms with Crippen molar-refractivity contribution in [3.05, 3.63) is 40.4 Å². The standard InChI is InChI=1S/C11H8Cl2N2O2S.C6H13N/c12-7-3-1-4-8(13)10(7)15-11(18)14-9(17)5-2-6-16;1-7-5-3-2-4-6-7/h1-6H,(H2,14,15,17,18);2-6H2,1H3/b5-2+;. The second-order valence-corrected chi connectivity index (χ2v) is 6.62. The fourth-order valence-corrected chi connectivity index (χ4v) is 2.79. The molecule has 25 heavy (non-hydrogen) atoms. The summed E-state index contributed by atoms with van der Waals surface area (Å²) in [5.41, 5.74) is 0.408. The summed E-state index contributed by atoms with van der Waals surface area (Å²) < 4.78 is 0. The Balaban J connectivity index is 0.000000370. The zero-order chi connectivity index (χ0) is 18.7. The lowest BCUT2D eigenvalue weighted by Crippen LogP contribution is -2.33. The molecule has 5 nitrogen and oxygen atoms in total. The smallest absolute Gasteiger partial charge is 0.250 e. The normalized spacial score (nSPS) is 14.4. The maximum Gasteiger partial charge on any atom is 0.250 e. The van der Waals surface area contributed by atoms with Crippen LogP contribution in [0.5, 0.6) is 0 Å². The number of para-hydroxylation sites is 1. The van der Waals surface area contributed by atoms with Crippen LogP contribution in [0.4, 0.5) is 5.69 Å². The van der Waals surface area contributed by atoms with E-state index in [-0.39, 0.29) is 5.11 Å². The van der Waals surface area contributed by atoms with Crippen LogP contribution >= 0.6 is 35.4 Å². The molecule has 1 aliphatic heterocycles. The van der Waals surface area contributed by atoms with Gasteiger partial charge in [-0.25, -0.2) is 0 Å². The summed E-state index contributed by atoms with van der Waals surface area (Å²) in [6.07, 6.45) is 6.87. The number of aldehydes is 1. The largest absolute Gasteiger partial charge is 0.330 e. The van der Waals surface area contributed by atoms with Gasteiger partial charge in [-0.15, -0.1) is 0 Å². The maximum absolute atomic E-state index is 11.2. The van der Waals surface area contributed by atoms with E-state index in [2.05, 4.69) is 22.6 Å². The van der Waals surface area contributed by atoms with Crippen LogP contribution < -0.4 is 10.6 Å². The van der Waals surface area contributed by atoms with Gasteiger partial charge in [0.2, 0.25) is 5.91 Å². The molecule has 0 radical (unpaired) electrons. The van der Waals surface area contributed by atoms with E-state index in [1.807, 2.05) is 0 Å². The number of anilines is 1. The summed E-state index contributed by atoms with van der Waals surface area (Å²) in [6.45, 7) is 2.64. The number of thiocarbonyl (C=S) groups is 1. The van der Waals surface area contributed by atoms with Gasteiger partial charge in [0.25, 0.3) is 0 Å². The minimum Gasteiger partial charge on any atom is -0.330 e. The molecular weight excluding hydrogens is 381 g/mol. The monoisotopic (exact) mass is 401 g/mol. The highest BCUT2D eigenvalue weighted by molar-refractivity contribution is 7.80. The van der Waals surface area contributed by atoms with Crippen LogP contribution in [0.15, 0.2) is 30.4 Å². The van der Waals surface area contributed by atoms with E-state index < -0.39 is 5.91 Å². The number of rotatable bonds is 3. The molecule has 0 spiro atoms. The van der Waals surface area contributed by atoms with Crippen LogP contribution in [-0.4, -0.2) is 42.3 Å². The molecule has 1 saturated heterocycles. The Labute approximate surface area is 163 Å². The molecular formula is C17H21Cl2N3O2S. The highest BCUT2D eigenvalue weighted by Gasteiger charge is 2.08. The van der Waals surface area contributed by atoms with Gasteiger partial charge in [0.15, 0.2) is 5.11 Å². The Kier molecular flexibility index (Phi) is 10.3. The predicted octanol–water partition coefficient (Wildman–Crippen LogP) is 3.66. The summed E-state index contributed by atoms with van der Waals surface area (Å²) in [5.74, 6) is -0.525. The molecule has 8 heteroatoms. The van der Waals surface area contributed by atoms with Crippen LogP contribution in [-0.2, 0) is 9.59 Å². The lowest BCUT2D eigenvalue weighted by atomic mass is 10.1. The number of amides is 1. The minimum atomic E-state index is -0.525. The molecule has 0 saturated carbocycles. The van der Waals surface area contributed by atoms with Crippen LogP contribution in [0.25, 0.3) is 0 Å². The molecule has 1 heterocycles. The molecule has 1 aromatic carbocycles. The number of nitrogens with one attached hydrogen (secondary N) is 2. The van der Waals surface area contributed by atoms with Gasteiger partial charge < -0.3 is 10.2 Å². The molecule has 2 rings (SSSR count). The van der Waals surface area contributed by atoms with E-state index in [4.69, 9.17) is 35.4 Å². The summed E-state index contributed by atoms with van der Waals surface area (Å²) in [4.78, 5) is 23.6. The lowest BCUT2D eigenvalue weighted by Gasteiger charge is -2.20. The number of piperidine rings is 1. The number of carbonyl (C=O) groups excluding carboxylic acids is 2. The zero-order valence-corrected chi connectivity index (χ0v) is 16.3. The van der Waals surface area contributed by atoms with Gasteiger partial charge in [-0.2, -0.15) is 0 Å². The molecule has 1 amide bonds. The number of benzene rings is 1. The van der Waals surface area contributed by atoms with Crippen molar-refractivity contribution in [1.29, 1.82) is 0 Å². The number of carbonyl (C=O) groups is 2. The van der Waals surface area contributed by atoms with Crippen molar-refractivity contribution in [3.63, 3.8) is 0 Å². The molecule has 1 aromatic rings. The highest BCUT2D eigenvalue weighted by atomic mass is 35.5. The number of hydrogen-bond donors (Lipinski definition) is 2. The van der Waals surface area contributed by atoms with Crippen molar-refractivity contribution in [2.24, 2.45) is 0 Å². The van der Waals surface area contributed by atoms with E-state index in [1.54, 1.807) is 18.2 Å². The Morgan fingerprint density at radius 1 is 1.20 bits per heavy atom. The zero-order valence-electron chi connectivity index (χ0n) is 13.9. The first-order valence-corrected chi connectivity index (χ1v) is 8.97. The summed E-state index contributed by atoms with van der Waals surface area (Å²) in [5, 5.41) is 5.82. The molecule has 0 aliphatic carbocycles. The predicted molar refractivity (Wildman–Crippen MR) is 107 cm³/mol. The topological polar surface area (TPSA) is 61.4 Å². The lowest BCUT2D eigenvalue weighted by molar-refractivity contribution is -0.115. The third-order valence-corrected chi connectivity index (χ3v) is 4.18. The third-order valence-electron chi connectivity index (χ3n) is 3.34. The average molecular weight is 402 g/mol. The maximum atomic E-state index is 11.2. The van der Waals surface area contributed by atoms with Crippen LogP contribution in [0.3, 0.4) is 0 Å². The quantitative estimate of drug-likeness (QED) is 0.459. The van der Waals surface area contributed by atoms with Gasteiger partial charge in [-0.05, 0) is 63.4 Å². The van der Waals surface area contributed by atoms with Crippen LogP contribution in [0.1, 0.15) is 19.3 Å². The van der Waals surface area contributed by atoms with E-state index in [1.165, 1.54) is 32.4 Å². The number of hydrogen-bond acceptors (Lipinski definition) is 4. The first-order valence-electron chi connectivity index (χ1n) is 7.80. The molecule has 0 bridgehead atoms. The van der Waals surface area contributed by atoms with Crippen molar-refractivity contribution < 1.29 is 9.59 Å². The average Bonchev–Trinajstić information content (AvgIpc) is 2.58. The van der Waals surface area contributed by atoms with Gasteiger partial charge in [0, 0.05) is 6.08 Å². The first kappa shape index (κ1) is 21.6. The first-order chi connectivity index (χ1) is 11.9. The van der Waals surface area contributed by atoms with Crippen molar-refractivity contribution in [3.8, 4) is 0 Å². The summed E-state index contributed by atoms with van der Waals surface area (Å²) in [6, 6.07) is 4.95. The molecule has 2 N–H and O–H groups in total. The van der Waals surface area contributed by atoms with E-state index in [0.29, 0.717) is 22.0 Å². The second kappa shape index (κ2) is 12.0. The molecule has 1 aliphatic rings. The van der Waals surface area contributed by atoms with Crippen molar-refractivity contribution in [2.75, 3.05) is 25.5 Å². The van der Waals surface area contributed by atoms with Crippen molar-refractivity contribution in [1.82, 2.24) is 10.2 Å².